The monoisotopic (exact) mass is 323 g/mol. The number of carbonyl (C=O) groups is 1. The summed E-state index contributed by atoms with van der Waals surface area (Å²) in [6, 6.07) is 7.57. The molecule has 5 heteroatoms. The number of carbonyl (C=O) groups excluding carboxylic acids is 1. The lowest BCUT2D eigenvalue weighted by molar-refractivity contribution is -0.133. The Kier molecular flexibility index (Phi) is 5.27. The Hall–Kier alpha value is -1.36. The molecule has 0 aromatic heterocycles. The minimum Gasteiger partial charge on any atom is -0.337 e. The van der Waals surface area contributed by atoms with Gasteiger partial charge in [0.05, 0.1) is 10.6 Å². The molecule has 4 nitrogen and oxygen atoms in total. The summed E-state index contributed by atoms with van der Waals surface area (Å²) in [5.41, 5.74) is 1.00. The van der Waals surface area contributed by atoms with Crippen LogP contribution < -0.4 is 0 Å². The van der Waals surface area contributed by atoms with Crippen molar-refractivity contribution in [1.29, 1.82) is 0 Å². The molecule has 1 aliphatic heterocycles. The molecule has 0 N–H and O–H groups in total. The van der Waals surface area contributed by atoms with E-state index < -0.39 is 9.84 Å². The van der Waals surface area contributed by atoms with Gasteiger partial charge < -0.3 is 4.90 Å². The molecule has 1 aromatic rings. The molecule has 1 aliphatic rings. The summed E-state index contributed by atoms with van der Waals surface area (Å²) in [6.07, 6.45) is 3.29. The molecular formula is C17H25NO3S. The molecule has 0 radical (unpaired) electrons. The Balaban J connectivity index is 1.96. The van der Waals surface area contributed by atoms with E-state index in [1.807, 2.05) is 17.0 Å². The summed E-state index contributed by atoms with van der Waals surface area (Å²) in [5.74, 6) is 0.304. The van der Waals surface area contributed by atoms with Crippen LogP contribution in [0.2, 0.25) is 0 Å². The third-order valence-corrected chi connectivity index (χ3v) is 6.28. The van der Waals surface area contributed by atoms with Crippen molar-refractivity contribution in [3.05, 3.63) is 29.8 Å². The average molecular weight is 323 g/mol. The van der Waals surface area contributed by atoms with Crippen LogP contribution in [0.15, 0.2) is 29.2 Å². The van der Waals surface area contributed by atoms with E-state index in [1.165, 1.54) is 0 Å². The zero-order valence-electron chi connectivity index (χ0n) is 13.6. The number of rotatable bonds is 5. The number of hydrogen-bond donors (Lipinski definition) is 0. The Morgan fingerprint density at radius 3 is 2.18 bits per heavy atom. The Labute approximate surface area is 133 Å². The zero-order chi connectivity index (χ0) is 16.3. The summed E-state index contributed by atoms with van der Waals surface area (Å²) >= 11 is 0. The highest BCUT2D eigenvalue weighted by Gasteiger charge is 2.30. The van der Waals surface area contributed by atoms with Crippen LogP contribution in [0, 0.1) is 0 Å². The largest absolute Gasteiger partial charge is 0.337 e. The predicted octanol–water partition coefficient (Wildman–Crippen LogP) is 2.81. The second-order valence-electron chi connectivity index (χ2n) is 6.12. The second kappa shape index (κ2) is 6.82. The minimum atomic E-state index is -3.15. The number of hydrogen-bond acceptors (Lipinski definition) is 3. The fourth-order valence-electron chi connectivity index (χ4n) is 3.10. The first-order valence-electron chi connectivity index (χ1n) is 7.98. The van der Waals surface area contributed by atoms with Gasteiger partial charge in [0.2, 0.25) is 5.91 Å². The molecule has 0 spiro atoms. The van der Waals surface area contributed by atoms with Gasteiger partial charge in [-0.15, -0.1) is 0 Å². The van der Waals surface area contributed by atoms with Gasteiger partial charge in [-0.25, -0.2) is 8.42 Å². The summed E-state index contributed by atoms with van der Waals surface area (Å²) in [6.45, 7) is 5.85. The van der Waals surface area contributed by atoms with Crippen molar-refractivity contribution in [3.8, 4) is 0 Å². The lowest BCUT2D eigenvalue weighted by Crippen LogP contribution is -2.38. The van der Waals surface area contributed by atoms with E-state index >= 15 is 0 Å². The Bertz CT molecular complexity index is 612. The minimum absolute atomic E-state index is 0.107. The summed E-state index contributed by atoms with van der Waals surface area (Å²) in [4.78, 5) is 14.7. The van der Waals surface area contributed by atoms with Crippen LogP contribution in [-0.2, 0) is 21.1 Å². The van der Waals surface area contributed by atoms with Gasteiger partial charge in [-0.1, -0.05) is 19.1 Å². The van der Waals surface area contributed by atoms with Crippen molar-refractivity contribution in [1.82, 2.24) is 4.90 Å². The van der Waals surface area contributed by atoms with E-state index in [9.17, 15) is 13.2 Å². The third-order valence-electron chi connectivity index (χ3n) is 4.53. The van der Waals surface area contributed by atoms with E-state index in [-0.39, 0.29) is 11.7 Å². The van der Waals surface area contributed by atoms with Gasteiger partial charge in [0.25, 0.3) is 0 Å². The molecule has 2 atom stereocenters. The second-order valence-corrected chi connectivity index (χ2v) is 8.40. The van der Waals surface area contributed by atoms with E-state index in [4.69, 9.17) is 0 Å². The summed E-state index contributed by atoms with van der Waals surface area (Å²) in [5, 5.41) is 0. The quantitative estimate of drug-likeness (QED) is 0.837. The van der Waals surface area contributed by atoms with E-state index in [1.54, 1.807) is 19.1 Å². The molecule has 1 saturated heterocycles. The van der Waals surface area contributed by atoms with E-state index in [0.717, 1.165) is 18.4 Å². The maximum absolute atomic E-state index is 12.3. The molecule has 1 fully saturated rings. The van der Waals surface area contributed by atoms with Gasteiger partial charge in [-0.05, 0) is 50.8 Å². The number of likely N-dealkylation sites (tertiary alicyclic amines) is 1. The van der Waals surface area contributed by atoms with Gasteiger partial charge in [0.1, 0.15) is 0 Å². The van der Waals surface area contributed by atoms with E-state index in [2.05, 4.69) is 13.8 Å². The first kappa shape index (κ1) is 17.0. The van der Waals surface area contributed by atoms with Crippen LogP contribution in [0.4, 0.5) is 0 Å². The maximum atomic E-state index is 12.3. The van der Waals surface area contributed by atoms with Gasteiger partial charge in [-0.3, -0.25) is 4.79 Å². The fourth-order valence-corrected chi connectivity index (χ4v) is 3.98. The SMILES string of the molecule is CCS(=O)(=O)c1ccc(CCC(=O)N2[C@H](C)CC[C@@H]2C)cc1. The van der Waals surface area contributed by atoms with E-state index in [0.29, 0.717) is 29.8 Å². The van der Waals surface area contributed by atoms with Crippen LogP contribution in [-0.4, -0.2) is 37.1 Å². The normalized spacial score (nSPS) is 22.0. The molecule has 1 aromatic carbocycles. The van der Waals surface area contributed by atoms with Crippen molar-refractivity contribution < 1.29 is 13.2 Å². The third kappa shape index (κ3) is 3.69. The lowest BCUT2D eigenvalue weighted by atomic mass is 10.1. The molecule has 0 unspecified atom stereocenters. The number of sulfone groups is 1. The topological polar surface area (TPSA) is 54.5 Å². The molecule has 1 amide bonds. The van der Waals surface area contributed by atoms with Gasteiger partial charge in [0.15, 0.2) is 9.84 Å². The van der Waals surface area contributed by atoms with Gasteiger partial charge in [0, 0.05) is 18.5 Å². The number of amides is 1. The molecule has 22 heavy (non-hydrogen) atoms. The molecule has 0 aliphatic carbocycles. The van der Waals surface area contributed by atoms with Crippen molar-refractivity contribution in [2.45, 2.75) is 63.4 Å². The Morgan fingerprint density at radius 2 is 1.68 bits per heavy atom. The molecule has 0 saturated carbocycles. The molecular weight excluding hydrogens is 298 g/mol. The van der Waals surface area contributed by atoms with Crippen LogP contribution >= 0.6 is 0 Å². The predicted molar refractivity (Wildman–Crippen MR) is 87.5 cm³/mol. The zero-order valence-corrected chi connectivity index (χ0v) is 14.4. The fraction of sp³-hybridized carbons (Fsp3) is 0.588. The molecule has 122 valence electrons. The lowest BCUT2D eigenvalue weighted by Gasteiger charge is -2.26. The summed E-state index contributed by atoms with van der Waals surface area (Å²) in [7, 11) is -3.15. The van der Waals surface area contributed by atoms with Crippen molar-refractivity contribution in [2.75, 3.05) is 5.75 Å². The van der Waals surface area contributed by atoms with Crippen molar-refractivity contribution >= 4 is 15.7 Å². The number of aryl methyl sites for hydroxylation is 1. The van der Waals surface area contributed by atoms with Crippen LogP contribution in [0.3, 0.4) is 0 Å². The average Bonchev–Trinajstić information content (AvgIpc) is 2.84. The first-order chi connectivity index (χ1) is 10.3. The standard InChI is InChI=1S/C17H25NO3S/c1-4-22(20,21)16-10-7-15(8-11-16)9-12-17(19)18-13(2)5-6-14(18)3/h7-8,10-11,13-14H,4-6,9,12H2,1-3H3/t13-,14+. The van der Waals surface area contributed by atoms with Crippen molar-refractivity contribution in [3.63, 3.8) is 0 Å². The Morgan fingerprint density at radius 1 is 1.14 bits per heavy atom. The summed E-state index contributed by atoms with van der Waals surface area (Å²) < 4.78 is 23.5. The highest BCUT2D eigenvalue weighted by molar-refractivity contribution is 7.91. The molecule has 1 heterocycles. The molecule has 0 bridgehead atoms. The first-order valence-corrected chi connectivity index (χ1v) is 9.63. The number of benzene rings is 1. The highest BCUT2D eigenvalue weighted by atomic mass is 32.2. The number of nitrogens with zero attached hydrogens (tertiary/aromatic N) is 1. The van der Waals surface area contributed by atoms with Crippen LogP contribution in [0.25, 0.3) is 0 Å². The van der Waals surface area contributed by atoms with Crippen LogP contribution in [0.5, 0.6) is 0 Å². The maximum Gasteiger partial charge on any atom is 0.223 e. The van der Waals surface area contributed by atoms with Crippen molar-refractivity contribution in [2.24, 2.45) is 0 Å². The smallest absolute Gasteiger partial charge is 0.223 e. The van der Waals surface area contributed by atoms with Crippen LogP contribution in [0.1, 0.15) is 45.6 Å². The highest BCUT2D eigenvalue weighted by Crippen LogP contribution is 2.24. The van der Waals surface area contributed by atoms with Gasteiger partial charge in [-0.2, -0.15) is 0 Å². The molecule has 2 rings (SSSR count). The van der Waals surface area contributed by atoms with Gasteiger partial charge >= 0.3 is 0 Å².